The molecule has 0 aliphatic rings. The van der Waals surface area contributed by atoms with E-state index in [1.165, 1.54) is 0 Å². The van der Waals surface area contributed by atoms with Crippen molar-refractivity contribution in [2.45, 2.75) is 6.30 Å². The van der Waals surface area contributed by atoms with Crippen LogP contribution in [0.4, 0.5) is 13.2 Å². The molecule has 1 rings (SSSR count). The lowest BCUT2D eigenvalue weighted by molar-refractivity contribution is -0.212. The van der Waals surface area contributed by atoms with Gasteiger partial charge in [0, 0.05) is 6.20 Å². The van der Waals surface area contributed by atoms with Crippen LogP contribution in [0.3, 0.4) is 0 Å². The van der Waals surface area contributed by atoms with Crippen LogP contribution >= 0.6 is 0 Å². The smallest absolute Gasteiger partial charge is 0.173 e. The predicted octanol–water partition coefficient (Wildman–Crippen LogP) is 1.16. The van der Waals surface area contributed by atoms with Crippen molar-refractivity contribution < 1.29 is 13.2 Å². The van der Waals surface area contributed by atoms with Gasteiger partial charge in [0.1, 0.15) is 0 Å². The van der Waals surface area contributed by atoms with Crippen molar-refractivity contribution in [3.63, 3.8) is 0 Å². The Morgan fingerprint density at radius 3 is 2.33 bits per heavy atom. The van der Waals surface area contributed by atoms with E-state index >= 15 is 0 Å². The van der Waals surface area contributed by atoms with Gasteiger partial charge in [-0.05, 0) is 6.07 Å². The van der Waals surface area contributed by atoms with Gasteiger partial charge in [-0.25, -0.2) is 0 Å². The quantitative estimate of drug-likeness (QED) is 0.521. The standard InChI is InChI=1S/C4H2F3N2/c5-4(6,7)9-3-1-2-8-9/h1-2H. The maximum Gasteiger partial charge on any atom is 0.505 e. The molecule has 9 heavy (non-hydrogen) atoms. The summed E-state index contributed by atoms with van der Waals surface area (Å²) in [5, 5.41) is 2.92. The molecule has 1 heterocycles. The Kier molecular flexibility index (Phi) is 1.19. The fraction of sp³-hybridized carbons (Fsp3) is 0.250. The van der Waals surface area contributed by atoms with E-state index in [-0.39, 0.29) is 4.68 Å². The zero-order chi connectivity index (χ0) is 6.91. The van der Waals surface area contributed by atoms with Crippen molar-refractivity contribution in [3.05, 3.63) is 18.5 Å². The van der Waals surface area contributed by atoms with Gasteiger partial charge in [0.2, 0.25) is 0 Å². The van der Waals surface area contributed by atoms with Crippen LogP contribution in [-0.4, -0.2) is 9.78 Å². The van der Waals surface area contributed by atoms with Gasteiger partial charge in [0.25, 0.3) is 0 Å². The van der Waals surface area contributed by atoms with Crippen molar-refractivity contribution in [2.75, 3.05) is 0 Å². The molecule has 0 aromatic carbocycles. The first-order valence-corrected chi connectivity index (χ1v) is 2.09. The van der Waals surface area contributed by atoms with Crippen LogP contribution in [0.2, 0.25) is 0 Å². The van der Waals surface area contributed by atoms with Crippen LogP contribution in [-0.2, 0) is 6.30 Å². The molecular formula is C4H2F3N2. The average molecular weight is 135 g/mol. The number of alkyl halides is 3. The Bertz CT molecular complexity index is 176. The summed E-state index contributed by atoms with van der Waals surface area (Å²) in [6.45, 7) is 0. The highest BCUT2D eigenvalue weighted by Gasteiger charge is 2.30. The number of hydrogen-bond donors (Lipinski definition) is 0. The molecular weight excluding hydrogens is 133 g/mol. The Hall–Kier alpha value is -1.00. The molecule has 1 aromatic heterocycles. The minimum atomic E-state index is -4.43. The molecule has 1 radical (unpaired) electrons. The molecule has 0 aliphatic carbocycles. The highest BCUT2D eigenvalue weighted by molar-refractivity contribution is 4.76. The third-order valence-corrected chi connectivity index (χ3v) is 0.694. The van der Waals surface area contributed by atoms with E-state index in [0.29, 0.717) is 0 Å². The number of rotatable bonds is 0. The third-order valence-electron chi connectivity index (χ3n) is 0.694. The topological polar surface area (TPSA) is 17.8 Å². The number of nitrogens with zero attached hydrogens (tertiary/aromatic N) is 2. The second-order valence-electron chi connectivity index (χ2n) is 1.34. The first-order chi connectivity index (χ1) is 4.11. The maximum absolute atomic E-state index is 11.5. The fourth-order valence-corrected chi connectivity index (χ4v) is 0.376. The lowest BCUT2D eigenvalue weighted by atomic mass is 10.8. The van der Waals surface area contributed by atoms with E-state index in [9.17, 15) is 13.2 Å². The van der Waals surface area contributed by atoms with Crippen LogP contribution < -0.4 is 0 Å². The highest BCUT2D eigenvalue weighted by Crippen LogP contribution is 2.19. The van der Waals surface area contributed by atoms with Gasteiger partial charge in [0.05, 0.1) is 6.20 Å². The lowest BCUT2D eigenvalue weighted by Gasteiger charge is -2.02. The van der Waals surface area contributed by atoms with Crippen molar-refractivity contribution in [2.24, 2.45) is 0 Å². The van der Waals surface area contributed by atoms with Gasteiger partial charge in [-0.3, -0.25) is 0 Å². The van der Waals surface area contributed by atoms with Crippen LogP contribution in [0.5, 0.6) is 0 Å². The Morgan fingerprint density at radius 1 is 1.44 bits per heavy atom. The van der Waals surface area contributed by atoms with Crippen LogP contribution in [0.15, 0.2) is 12.3 Å². The van der Waals surface area contributed by atoms with E-state index in [2.05, 4.69) is 5.10 Å². The van der Waals surface area contributed by atoms with Gasteiger partial charge < -0.3 is 0 Å². The fourth-order valence-electron chi connectivity index (χ4n) is 0.376. The second kappa shape index (κ2) is 1.75. The predicted molar refractivity (Wildman–Crippen MR) is 22.4 cm³/mol. The Morgan fingerprint density at radius 2 is 2.11 bits per heavy atom. The zero-order valence-electron chi connectivity index (χ0n) is 4.18. The van der Waals surface area contributed by atoms with E-state index in [1.807, 2.05) is 6.20 Å². The molecule has 0 N–H and O–H groups in total. The first kappa shape index (κ1) is 6.12. The Balaban J connectivity index is 2.90. The number of hydrogen-bond acceptors (Lipinski definition) is 1. The molecule has 0 amide bonds. The largest absolute Gasteiger partial charge is 0.505 e. The van der Waals surface area contributed by atoms with E-state index in [1.54, 1.807) is 0 Å². The minimum Gasteiger partial charge on any atom is -0.173 e. The van der Waals surface area contributed by atoms with E-state index in [4.69, 9.17) is 0 Å². The molecule has 0 unspecified atom stereocenters. The summed E-state index contributed by atoms with van der Waals surface area (Å²) in [6.07, 6.45) is -1.55. The third kappa shape index (κ3) is 1.22. The van der Waals surface area contributed by atoms with Gasteiger partial charge in [-0.15, -0.1) is 13.2 Å². The lowest BCUT2D eigenvalue weighted by Crippen LogP contribution is -2.16. The summed E-state index contributed by atoms with van der Waals surface area (Å²) in [4.78, 5) is 0. The molecule has 0 saturated heterocycles. The molecule has 5 heteroatoms. The molecule has 0 bridgehead atoms. The van der Waals surface area contributed by atoms with Crippen LogP contribution in [0.25, 0.3) is 0 Å². The van der Waals surface area contributed by atoms with Crippen LogP contribution in [0, 0.1) is 6.20 Å². The Labute approximate surface area is 48.9 Å². The van der Waals surface area contributed by atoms with Crippen molar-refractivity contribution in [1.82, 2.24) is 9.78 Å². The number of halogens is 3. The monoisotopic (exact) mass is 135 g/mol. The van der Waals surface area contributed by atoms with Crippen molar-refractivity contribution >= 4 is 0 Å². The molecule has 0 atom stereocenters. The summed E-state index contributed by atoms with van der Waals surface area (Å²) in [5.74, 6) is 0. The maximum atomic E-state index is 11.5. The molecule has 0 fully saturated rings. The van der Waals surface area contributed by atoms with Gasteiger partial charge in [-0.1, -0.05) is 0 Å². The minimum absolute atomic E-state index is 0.188. The highest BCUT2D eigenvalue weighted by atomic mass is 19.4. The summed E-state index contributed by atoms with van der Waals surface area (Å²) in [7, 11) is 0. The first-order valence-electron chi connectivity index (χ1n) is 2.09. The molecule has 0 saturated carbocycles. The SMILES string of the molecule is FC(F)(F)n1[c]ccn1. The number of aromatic nitrogens is 2. The van der Waals surface area contributed by atoms with Gasteiger partial charge in [0.15, 0.2) is 0 Å². The summed E-state index contributed by atoms with van der Waals surface area (Å²) in [5.41, 5.74) is 0. The van der Waals surface area contributed by atoms with Crippen molar-refractivity contribution in [1.29, 1.82) is 0 Å². The summed E-state index contributed by atoms with van der Waals surface area (Å²) in [6, 6.07) is 1.09. The zero-order valence-corrected chi connectivity index (χ0v) is 4.18. The van der Waals surface area contributed by atoms with Crippen LogP contribution in [0.1, 0.15) is 0 Å². The molecule has 0 aliphatic heterocycles. The molecule has 49 valence electrons. The van der Waals surface area contributed by atoms with E-state index < -0.39 is 6.30 Å². The summed E-state index contributed by atoms with van der Waals surface area (Å²) < 4.78 is 34.3. The van der Waals surface area contributed by atoms with Gasteiger partial charge in [-0.2, -0.15) is 9.78 Å². The molecule has 1 aromatic rings. The van der Waals surface area contributed by atoms with E-state index in [0.717, 1.165) is 12.3 Å². The molecule has 2 nitrogen and oxygen atoms in total. The summed E-state index contributed by atoms with van der Waals surface area (Å²) >= 11 is 0. The average Bonchev–Trinajstić information content (AvgIpc) is 2.08. The molecule has 0 spiro atoms. The van der Waals surface area contributed by atoms with Gasteiger partial charge >= 0.3 is 6.30 Å². The second-order valence-corrected chi connectivity index (χ2v) is 1.34. The normalized spacial score (nSPS) is 11.9. The van der Waals surface area contributed by atoms with Crippen molar-refractivity contribution in [3.8, 4) is 0 Å².